The molecule has 0 saturated heterocycles. The Morgan fingerprint density at radius 3 is 2.12 bits per heavy atom. The number of esters is 1. The van der Waals surface area contributed by atoms with Crippen LogP contribution < -0.4 is 17.0 Å². The average molecular weight is 436 g/mol. The normalized spacial score (nSPS) is 11.7. The predicted octanol–water partition coefficient (Wildman–Crippen LogP) is -0.922. The minimum absolute atomic E-state index is 0. The van der Waals surface area contributed by atoms with E-state index in [-0.39, 0.29) is 23.0 Å². The number of carbonyl (C=O) groups excluding carboxylic acids is 1. The number of rotatable bonds is 11. The molecular formula is C17H30BrNO5Si. The molecule has 6 nitrogen and oxygen atoms in total. The van der Waals surface area contributed by atoms with Crippen LogP contribution in [-0.4, -0.2) is 67.8 Å². The Labute approximate surface area is 162 Å². The third-order valence-electron chi connectivity index (χ3n) is 3.98. The first-order valence-corrected chi connectivity index (χ1v) is 9.96. The van der Waals surface area contributed by atoms with Crippen LogP contribution in [0.15, 0.2) is 30.3 Å². The molecule has 1 rings (SSSR count). The lowest BCUT2D eigenvalue weighted by molar-refractivity contribution is -0.883. The highest BCUT2D eigenvalue weighted by atomic mass is 79.9. The fourth-order valence-electron chi connectivity index (χ4n) is 2.49. The molecule has 0 N–H and O–H groups in total. The second-order valence-electron chi connectivity index (χ2n) is 6.36. The van der Waals surface area contributed by atoms with Gasteiger partial charge in [-0.3, -0.25) is 0 Å². The second kappa shape index (κ2) is 11.8. The smallest absolute Gasteiger partial charge is 0.500 e. The number of halogens is 1. The van der Waals surface area contributed by atoms with Crippen LogP contribution >= 0.6 is 0 Å². The van der Waals surface area contributed by atoms with Gasteiger partial charge < -0.3 is 39.5 Å². The Morgan fingerprint density at radius 2 is 1.60 bits per heavy atom. The van der Waals surface area contributed by atoms with Crippen molar-refractivity contribution < 1.29 is 44.3 Å². The molecule has 25 heavy (non-hydrogen) atoms. The van der Waals surface area contributed by atoms with Gasteiger partial charge in [0.2, 0.25) is 0 Å². The topological polar surface area (TPSA) is 54.0 Å². The zero-order valence-corrected chi connectivity index (χ0v) is 18.4. The minimum Gasteiger partial charge on any atom is -1.00 e. The Balaban J connectivity index is 0.00000576. The molecule has 0 aliphatic heterocycles. The van der Waals surface area contributed by atoms with E-state index in [1.165, 1.54) is 0 Å². The molecule has 1 aromatic rings. The van der Waals surface area contributed by atoms with E-state index in [2.05, 4.69) is 0 Å². The van der Waals surface area contributed by atoms with Crippen molar-refractivity contribution in [2.45, 2.75) is 19.1 Å². The van der Waals surface area contributed by atoms with Gasteiger partial charge in [0.05, 0.1) is 20.6 Å². The van der Waals surface area contributed by atoms with Crippen LogP contribution in [0.5, 0.6) is 0 Å². The maximum absolute atomic E-state index is 12.1. The van der Waals surface area contributed by atoms with Crippen molar-refractivity contribution in [1.29, 1.82) is 0 Å². The van der Waals surface area contributed by atoms with E-state index in [1.54, 1.807) is 21.3 Å². The number of likely N-dealkylation sites (N-methyl/N-ethyl adjacent to an activating group) is 1. The SMILES string of the molecule is CO[Si](CCC[N+](C)(C)CC(=O)OCc1ccccc1)(OC)OC.[Br-]. The van der Waals surface area contributed by atoms with Crippen LogP contribution in [0, 0.1) is 0 Å². The van der Waals surface area contributed by atoms with Gasteiger partial charge in [0.1, 0.15) is 6.61 Å². The first-order chi connectivity index (χ1) is 11.4. The van der Waals surface area contributed by atoms with Gasteiger partial charge in [-0.2, -0.15) is 0 Å². The molecule has 0 bridgehead atoms. The molecular weight excluding hydrogens is 406 g/mol. The largest absolute Gasteiger partial charge is 1.00 e. The molecule has 0 aliphatic rings. The molecule has 0 heterocycles. The van der Waals surface area contributed by atoms with Crippen LogP contribution in [0.4, 0.5) is 0 Å². The first kappa shape index (κ1) is 24.2. The standard InChI is InChI=1S/C17H30NO5Si.BrH/c1-18(2,12-9-13-24(20-3,21-4)22-5)14-17(19)23-15-16-10-7-6-8-11-16;/h6-8,10-11H,9,12-15H2,1-5H3;1H/q+1;/p-1. The van der Waals surface area contributed by atoms with E-state index < -0.39 is 8.80 Å². The fourth-order valence-corrected chi connectivity index (χ4v) is 4.20. The molecule has 8 heteroatoms. The van der Waals surface area contributed by atoms with Crippen LogP contribution in [0.3, 0.4) is 0 Å². The summed E-state index contributed by atoms with van der Waals surface area (Å²) in [5, 5.41) is 0. The summed E-state index contributed by atoms with van der Waals surface area (Å²) in [4.78, 5) is 12.1. The molecule has 0 amide bonds. The van der Waals surface area contributed by atoms with Crippen LogP contribution in [0.2, 0.25) is 6.04 Å². The number of carbonyl (C=O) groups is 1. The molecule has 0 atom stereocenters. The molecule has 0 aromatic heterocycles. The monoisotopic (exact) mass is 435 g/mol. The Kier molecular flexibility index (Phi) is 11.4. The number of nitrogens with zero attached hydrogens (tertiary/aromatic N) is 1. The summed E-state index contributed by atoms with van der Waals surface area (Å²) < 4.78 is 22.2. The van der Waals surface area contributed by atoms with Gasteiger partial charge in [-0.1, -0.05) is 30.3 Å². The van der Waals surface area contributed by atoms with Crippen molar-refractivity contribution in [2.24, 2.45) is 0 Å². The van der Waals surface area contributed by atoms with Crippen molar-refractivity contribution in [3.8, 4) is 0 Å². The van der Waals surface area contributed by atoms with Gasteiger partial charge in [-0.05, 0) is 5.56 Å². The summed E-state index contributed by atoms with van der Waals surface area (Å²) in [6.45, 7) is 1.45. The minimum atomic E-state index is -2.54. The summed E-state index contributed by atoms with van der Waals surface area (Å²) >= 11 is 0. The maximum atomic E-state index is 12.1. The molecule has 144 valence electrons. The summed E-state index contributed by atoms with van der Waals surface area (Å²) in [6, 6.07) is 10.4. The molecule has 1 aromatic carbocycles. The lowest BCUT2D eigenvalue weighted by Crippen LogP contribution is -3.00. The van der Waals surface area contributed by atoms with E-state index in [9.17, 15) is 4.79 Å². The molecule has 0 fully saturated rings. The molecule has 0 radical (unpaired) electrons. The number of ether oxygens (including phenoxy) is 1. The van der Waals surface area contributed by atoms with Crippen molar-refractivity contribution in [2.75, 3.05) is 48.5 Å². The van der Waals surface area contributed by atoms with Crippen LogP contribution in [0.25, 0.3) is 0 Å². The van der Waals surface area contributed by atoms with Crippen molar-refractivity contribution in [1.82, 2.24) is 0 Å². The zero-order valence-electron chi connectivity index (χ0n) is 15.8. The molecule has 0 aliphatic carbocycles. The summed E-state index contributed by atoms with van der Waals surface area (Å²) in [7, 11) is 6.32. The fraction of sp³-hybridized carbons (Fsp3) is 0.588. The van der Waals surface area contributed by atoms with Gasteiger partial charge in [-0.25, -0.2) is 4.79 Å². The maximum Gasteiger partial charge on any atom is 0.500 e. The van der Waals surface area contributed by atoms with Crippen molar-refractivity contribution >= 4 is 14.8 Å². The van der Waals surface area contributed by atoms with Crippen LogP contribution in [0.1, 0.15) is 12.0 Å². The number of hydrogen-bond donors (Lipinski definition) is 0. The van der Waals surface area contributed by atoms with Crippen molar-refractivity contribution in [3.63, 3.8) is 0 Å². The summed E-state index contributed by atoms with van der Waals surface area (Å²) in [6.07, 6.45) is 0.848. The third-order valence-corrected chi connectivity index (χ3v) is 6.81. The van der Waals surface area contributed by atoms with Gasteiger partial charge in [0, 0.05) is 33.8 Å². The van der Waals surface area contributed by atoms with E-state index in [0.29, 0.717) is 17.6 Å². The Hall–Kier alpha value is -0.773. The van der Waals surface area contributed by atoms with E-state index in [0.717, 1.165) is 24.6 Å². The average Bonchev–Trinajstić information content (AvgIpc) is 2.58. The first-order valence-electron chi connectivity index (χ1n) is 8.03. The Morgan fingerprint density at radius 1 is 1.04 bits per heavy atom. The lowest BCUT2D eigenvalue weighted by Gasteiger charge is -2.30. The van der Waals surface area contributed by atoms with E-state index in [4.69, 9.17) is 18.0 Å². The van der Waals surface area contributed by atoms with E-state index in [1.807, 2.05) is 44.4 Å². The summed E-state index contributed by atoms with van der Waals surface area (Å²) in [5.74, 6) is -0.197. The highest BCUT2D eigenvalue weighted by Crippen LogP contribution is 2.16. The Bertz CT molecular complexity index is 489. The molecule has 0 unspecified atom stereocenters. The van der Waals surface area contributed by atoms with Gasteiger partial charge in [-0.15, -0.1) is 0 Å². The van der Waals surface area contributed by atoms with Crippen LogP contribution in [-0.2, 0) is 29.4 Å². The molecule has 0 spiro atoms. The number of quaternary nitrogens is 1. The number of hydrogen-bond acceptors (Lipinski definition) is 5. The van der Waals surface area contributed by atoms with Gasteiger partial charge in [0.15, 0.2) is 6.54 Å². The predicted molar refractivity (Wildman–Crippen MR) is 94.3 cm³/mol. The number of benzene rings is 1. The summed E-state index contributed by atoms with van der Waals surface area (Å²) in [5.41, 5.74) is 0.993. The highest BCUT2D eigenvalue weighted by Gasteiger charge is 2.38. The van der Waals surface area contributed by atoms with Crippen molar-refractivity contribution in [3.05, 3.63) is 35.9 Å². The quantitative estimate of drug-likeness (QED) is 0.255. The molecule has 0 saturated carbocycles. The zero-order chi connectivity index (χ0) is 18.1. The third kappa shape index (κ3) is 8.93. The highest BCUT2D eigenvalue weighted by molar-refractivity contribution is 6.60. The van der Waals surface area contributed by atoms with E-state index >= 15 is 0 Å². The lowest BCUT2D eigenvalue weighted by atomic mass is 10.2. The van der Waals surface area contributed by atoms with Gasteiger partial charge in [0.25, 0.3) is 0 Å². The second-order valence-corrected chi connectivity index (χ2v) is 9.45. The van der Waals surface area contributed by atoms with Gasteiger partial charge >= 0.3 is 14.8 Å².